The van der Waals surface area contributed by atoms with Crippen LogP contribution >= 0.6 is 0 Å². The zero-order valence-electron chi connectivity index (χ0n) is 12.6. The molecular weight excluding hydrogens is 270 g/mol. The van der Waals surface area contributed by atoms with E-state index in [1.54, 1.807) is 36.9 Å². The summed E-state index contributed by atoms with van der Waals surface area (Å²) >= 11 is 0. The van der Waals surface area contributed by atoms with Gasteiger partial charge in [-0.1, -0.05) is 0 Å². The second-order valence-corrected chi connectivity index (χ2v) is 5.99. The molecular formula is C16H19NO4. The number of ether oxygens (including phenoxy) is 2. The van der Waals surface area contributed by atoms with Crippen molar-refractivity contribution in [1.29, 1.82) is 0 Å². The molecule has 1 saturated heterocycles. The van der Waals surface area contributed by atoms with Crippen molar-refractivity contribution in [3.05, 3.63) is 34.1 Å². The van der Waals surface area contributed by atoms with E-state index in [9.17, 15) is 9.90 Å². The number of fused-ring (bicyclic) bond motifs is 1. The lowest BCUT2D eigenvalue weighted by Crippen LogP contribution is -2.23. The predicted molar refractivity (Wildman–Crippen MR) is 80.1 cm³/mol. The highest BCUT2D eigenvalue weighted by atomic mass is 16.6. The van der Waals surface area contributed by atoms with Gasteiger partial charge >= 0.3 is 0 Å². The molecule has 0 saturated carbocycles. The topological polar surface area (TPSA) is 64.0 Å². The number of pyridine rings is 1. The molecule has 112 valence electrons. The lowest BCUT2D eigenvalue weighted by Gasteiger charge is -2.12. The molecule has 0 spiro atoms. The van der Waals surface area contributed by atoms with Crippen LogP contribution in [0, 0.1) is 0 Å². The van der Waals surface area contributed by atoms with Crippen molar-refractivity contribution in [2.45, 2.75) is 32.0 Å². The highest BCUT2D eigenvalue weighted by molar-refractivity contribution is 5.87. The first-order valence-corrected chi connectivity index (χ1v) is 6.91. The van der Waals surface area contributed by atoms with Gasteiger partial charge in [0.1, 0.15) is 11.5 Å². The summed E-state index contributed by atoms with van der Waals surface area (Å²) in [6, 6.07) is 5.29. The fraction of sp³-hybridized carbons (Fsp3) is 0.438. The highest BCUT2D eigenvalue weighted by Gasteiger charge is 2.48. The zero-order valence-corrected chi connectivity index (χ0v) is 12.6. The van der Waals surface area contributed by atoms with Crippen molar-refractivity contribution < 1.29 is 14.6 Å². The van der Waals surface area contributed by atoms with E-state index in [1.807, 2.05) is 13.8 Å². The molecule has 5 heteroatoms. The minimum atomic E-state index is -0.216. The molecule has 2 aromatic rings. The van der Waals surface area contributed by atoms with Crippen LogP contribution in [0.4, 0.5) is 0 Å². The van der Waals surface area contributed by atoms with Gasteiger partial charge in [0, 0.05) is 24.9 Å². The molecule has 5 nitrogen and oxygen atoms in total. The lowest BCUT2D eigenvalue weighted by atomic mass is 10.0. The monoisotopic (exact) mass is 289 g/mol. The minimum absolute atomic E-state index is 0.0215. The molecule has 1 N–H and O–H groups in total. The lowest BCUT2D eigenvalue weighted by molar-refractivity contribution is 0.322. The number of hydrogen-bond acceptors (Lipinski definition) is 4. The number of aromatic hydroxyl groups is 1. The average molecular weight is 289 g/mol. The van der Waals surface area contributed by atoms with Crippen LogP contribution in [-0.4, -0.2) is 28.5 Å². The molecule has 3 rings (SSSR count). The Morgan fingerprint density at radius 1 is 1.43 bits per heavy atom. The van der Waals surface area contributed by atoms with Gasteiger partial charge in [0.25, 0.3) is 5.56 Å². The maximum Gasteiger partial charge on any atom is 0.257 e. The molecule has 0 radical (unpaired) electrons. The Kier molecular flexibility index (Phi) is 2.99. The SMILES string of the molecule is COc1ccc2c(O)c(CC3OC3(C)C)c(=O)n(C)c2c1. The fourth-order valence-electron chi connectivity index (χ4n) is 2.68. The largest absolute Gasteiger partial charge is 0.507 e. The quantitative estimate of drug-likeness (QED) is 0.877. The molecule has 1 aliphatic rings. The second-order valence-electron chi connectivity index (χ2n) is 5.99. The summed E-state index contributed by atoms with van der Waals surface area (Å²) in [5.41, 5.74) is 0.647. The summed E-state index contributed by atoms with van der Waals surface area (Å²) in [5, 5.41) is 11.1. The number of rotatable bonds is 3. The van der Waals surface area contributed by atoms with Crippen LogP contribution < -0.4 is 10.3 Å². The van der Waals surface area contributed by atoms with E-state index in [4.69, 9.17) is 9.47 Å². The van der Waals surface area contributed by atoms with Crippen molar-refractivity contribution >= 4 is 10.9 Å². The Bertz CT molecular complexity index is 776. The highest BCUT2D eigenvalue weighted by Crippen LogP contribution is 2.39. The molecule has 2 heterocycles. The molecule has 0 aliphatic carbocycles. The van der Waals surface area contributed by atoms with Crippen LogP contribution in [0.1, 0.15) is 19.4 Å². The van der Waals surface area contributed by atoms with Crippen LogP contribution in [0.25, 0.3) is 10.9 Å². The van der Waals surface area contributed by atoms with Gasteiger partial charge in [0.2, 0.25) is 0 Å². The summed E-state index contributed by atoms with van der Waals surface area (Å²) in [5.74, 6) is 0.693. The van der Waals surface area contributed by atoms with Crippen LogP contribution in [0.15, 0.2) is 23.0 Å². The van der Waals surface area contributed by atoms with Crippen LogP contribution in [0.5, 0.6) is 11.5 Å². The number of aryl methyl sites for hydroxylation is 1. The first-order valence-electron chi connectivity index (χ1n) is 6.91. The van der Waals surface area contributed by atoms with Gasteiger partial charge in [-0.3, -0.25) is 4.79 Å². The number of epoxide rings is 1. The zero-order chi connectivity index (χ0) is 15.4. The third-order valence-corrected chi connectivity index (χ3v) is 4.22. The Morgan fingerprint density at radius 3 is 2.67 bits per heavy atom. The van der Waals surface area contributed by atoms with Crippen molar-refractivity contribution in [2.75, 3.05) is 7.11 Å². The van der Waals surface area contributed by atoms with Crippen LogP contribution in [-0.2, 0) is 18.2 Å². The van der Waals surface area contributed by atoms with Gasteiger partial charge in [-0.25, -0.2) is 0 Å². The molecule has 21 heavy (non-hydrogen) atoms. The van der Waals surface area contributed by atoms with E-state index >= 15 is 0 Å². The Morgan fingerprint density at radius 2 is 2.10 bits per heavy atom. The first kappa shape index (κ1) is 13.9. The van der Waals surface area contributed by atoms with Crippen molar-refractivity contribution in [3.8, 4) is 11.5 Å². The molecule has 0 amide bonds. The molecule has 1 aromatic carbocycles. The van der Waals surface area contributed by atoms with Gasteiger partial charge in [0.15, 0.2) is 0 Å². The van der Waals surface area contributed by atoms with E-state index in [0.29, 0.717) is 28.6 Å². The summed E-state index contributed by atoms with van der Waals surface area (Å²) in [4.78, 5) is 12.5. The maximum atomic E-state index is 12.5. The number of hydrogen-bond donors (Lipinski definition) is 1. The van der Waals surface area contributed by atoms with Crippen LogP contribution in [0.2, 0.25) is 0 Å². The van der Waals surface area contributed by atoms with E-state index in [1.165, 1.54) is 0 Å². The van der Waals surface area contributed by atoms with Crippen molar-refractivity contribution in [2.24, 2.45) is 7.05 Å². The predicted octanol–water partition coefficient (Wildman–Crippen LogP) is 1.97. The number of aromatic nitrogens is 1. The molecule has 0 bridgehead atoms. The van der Waals surface area contributed by atoms with E-state index in [2.05, 4.69) is 0 Å². The van der Waals surface area contributed by atoms with E-state index < -0.39 is 0 Å². The summed E-state index contributed by atoms with van der Waals surface area (Å²) in [6.07, 6.45) is 0.403. The van der Waals surface area contributed by atoms with Crippen LogP contribution in [0.3, 0.4) is 0 Å². The number of methoxy groups -OCH3 is 1. The first-order chi connectivity index (χ1) is 9.85. The third-order valence-electron chi connectivity index (χ3n) is 4.22. The van der Waals surface area contributed by atoms with Crippen molar-refractivity contribution in [1.82, 2.24) is 4.57 Å². The maximum absolute atomic E-state index is 12.5. The van der Waals surface area contributed by atoms with Gasteiger partial charge in [-0.2, -0.15) is 0 Å². The average Bonchev–Trinajstić information content (AvgIpc) is 3.07. The number of nitrogens with zero attached hydrogens (tertiary/aromatic N) is 1. The Balaban J connectivity index is 2.16. The van der Waals surface area contributed by atoms with E-state index in [0.717, 1.165) is 0 Å². The Labute approximate surface area is 122 Å². The van der Waals surface area contributed by atoms with Crippen molar-refractivity contribution in [3.63, 3.8) is 0 Å². The molecule has 1 fully saturated rings. The van der Waals surface area contributed by atoms with Gasteiger partial charge in [-0.05, 0) is 26.0 Å². The summed E-state index contributed by atoms with van der Waals surface area (Å²) in [7, 11) is 3.27. The van der Waals surface area contributed by atoms with Gasteiger partial charge in [0.05, 0.1) is 29.9 Å². The second kappa shape index (κ2) is 4.49. The molecule has 1 atom stereocenters. The molecule has 1 aliphatic heterocycles. The van der Waals surface area contributed by atoms with Gasteiger partial charge < -0.3 is 19.1 Å². The summed E-state index contributed by atoms with van der Waals surface area (Å²) < 4.78 is 12.2. The molecule has 1 aromatic heterocycles. The minimum Gasteiger partial charge on any atom is -0.507 e. The van der Waals surface area contributed by atoms with E-state index in [-0.39, 0.29) is 23.0 Å². The van der Waals surface area contributed by atoms with Gasteiger partial charge in [-0.15, -0.1) is 0 Å². The Hall–Kier alpha value is -2.01. The number of benzene rings is 1. The standard InChI is InChI=1S/C16H19NO4/c1-16(2)13(21-16)8-11-14(18)10-6-5-9(20-4)7-12(10)17(3)15(11)19/h5-7,13,18H,8H2,1-4H3. The smallest absolute Gasteiger partial charge is 0.257 e. The molecule has 1 unspecified atom stereocenters. The fourth-order valence-corrected chi connectivity index (χ4v) is 2.68. The summed E-state index contributed by atoms with van der Waals surface area (Å²) in [6.45, 7) is 3.95. The third kappa shape index (κ3) is 2.17. The normalized spacial score (nSPS) is 19.7.